The molecule has 3 heterocycles. The zero-order valence-corrected chi connectivity index (χ0v) is 14.4. The van der Waals surface area contributed by atoms with Gasteiger partial charge in [-0.3, -0.25) is 4.68 Å². The molecule has 0 spiro atoms. The van der Waals surface area contributed by atoms with Crippen LogP contribution in [0.2, 0.25) is 0 Å². The molecule has 0 aliphatic heterocycles. The molecule has 3 aromatic heterocycles. The number of imidazole rings is 1. The predicted molar refractivity (Wildman–Crippen MR) is 94.8 cm³/mol. The second kappa shape index (κ2) is 5.94. The maximum atomic E-state index is 5.54. The molecular formula is C19H18N6O. The largest absolute Gasteiger partial charge is 0.339 e. The summed E-state index contributed by atoms with van der Waals surface area (Å²) in [5.41, 5.74) is 3.17. The van der Waals surface area contributed by atoms with E-state index in [1.165, 1.54) is 0 Å². The lowest BCUT2D eigenvalue weighted by molar-refractivity contribution is 0.202. The molecule has 5 rings (SSSR count). The first-order chi connectivity index (χ1) is 12.8. The Kier molecular flexibility index (Phi) is 3.44. The molecule has 1 aromatic carbocycles. The van der Waals surface area contributed by atoms with Gasteiger partial charge in [0.1, 0.15) is 0 Å². The van der Waals surface area contributed by atoms with Crippen molar-refractivity contribution in [3.8, 4) is 17.1 Å². The van der Waals surface area contributed by atoms with Crippen LogP contribution in [-0.2, 0) is 0 Å². The maximum absolute atomic E-state index is 5.54. The lowest BCUT2D eigenvalue weighted by Crippen LogP contribution is -2.25. The molecule has 1 saturated carbocycles. The molecule has 1 aliphatic carbocycles. The average Bonchev–Trinajstić information content (AvgIpc) is 3.37. The fraction of sp³-hybridized carbons (Fsp3) is 0.263. The van der Waals surface area contributed by atoms with Gasteiger partial charge in [0, 0.05) is 36.3 Å². The van der Waals surface area contributed by atoms with Crippen LogP contribution >= 0.6 is 0 Å². The van der Waals surface area contributed by atoms with E-state index in [9.17, 15) is 0 Å². The van der Waals surface area contributed by atoms with Gasteiger partial charge in [0.25, 0.3) is 0 Å². The predicted octanol–water partition coefficient (Wildman–Crippen LogP) is 3.55. The Labute approximate surface area is 150 Å². The van der Waals surface area contributed by atoms with Gasteiger partial charge in [-0.1, -0.05) is 17.3 Å². The molecule has 0 unspecified atom stereocenters. The normalized spacial score (nSPS) is 19.4. The van der Waals surface area contributed by atoms with Gasteiger partial charge >= 0.3 is 0 Å². The molecule has 130 valence electrons. The van der Waals surface area contributed by atoms with E-state index < -0.39 is 0 Å². The minimum absolute atomic E-state index is 0.309. The quantitative estimate of drug-likeness (QED) is 0.565. The number of rotatable bonds is 4. The molecule has 7 nitrogen and oxygen atoms in total. The topological polar surface area (TPSA) is 74.6 Å². The van der Waals surface area contributed by atoms with Crippen molar-refractivity contribution in [2.24, 2.45) is 0 Å². The van der Waals surface area contributed by atoms with Gasteiger partial charge in [0.05, 0.1) is 18.1 Å². The lowest BCUT2D eigenvalue weighted by Gasteiger charge is -2.32. The summed E-state index contributed by atoms with van der Waals surface area (Å²) in [6.45, 7) is 2.07. The first kappa shape index (κ1) is 15.1. The Balaban J connectivity index is 1.37. The number of hydrogen-bond donors (Lipinski definition) is 0. The van der Waals surface area contributed by atoms with E-state index in [0.29, 0.717) is 23.7 Å². The fourth-order valence-electron chi connectivity index (χ4n) is 3.45. The summed E-state index contributed by atoms with van der Waals surface area (Å²) in [5.74, 6) is 1.65. The van der Waals surface area contributed by atoms with Gasteiger partial charge in [-0.25, -0.2) is 4.98 Å². The van der Waals surface area contributed by atoms with Crippen LogP contribution in [0.5, 0.6) is 0 Å². The first-order valence-electron chi connectivity index (χ1n) is 8.70. The van der Waals surface area contributed by atoms with Crippen molar-refractivity contribution in [3.63, 3.8) is 0 Å². The van der Waals surface area contributed by atoms with Crippen LogP contribution in [-0.4, -0.2) is 29.5 Å². The third-order valence-electron chi connectivity index (χ3n) is 5.05. The molecule has 0 atom stereocenters. The molecule has 26 heavy (non-hydrogen) atoms. The third kappa shape index (κ3) is 2.52. The maximum Gasteiger partial charge on any atom is 0.230 e. The van der Waals surface area contributed by atoms with Crippen molar-refractivity contribution < 1.29 is 4.52 Å². The Morgan fingerprint density at radius 3 is 2.85 bits per heavy atom. The smallest absolute Gasteiger partial charge is 0.230 e. The summed E-state index contributed by atoms with van der Waals surface area (Å²) >= 11 is 0. The van der Waals surface area contributed by atoms with Crippen LogP contribution in [0.3, 0.4) is 0 Å². The molecule has 0 bridgehead atoms. The van der Waals surface area contributed by atoms with E-state index in [4.69, 9.17) is 4.52 Å². The summed E-state index contributed by atoms with van der Waals surface area (Å²) in [6.07, 6.45) is 11.3. The van der Waals surface area contributed by atoms with Crippen molar-refractivity contribution in [3.05, 3.63) is 66.8 Å². The monoisotopic (exact) mass is 346 g/mol. The standard InChI is InChI=1S/C19H18N6O/c1-13-3-4-14(11-17(13)24-8-6-20-12-24)18-22-19(26-23-18)15-9-16(10-15)25-7-2-5-21-25/h2-8,11-12,15-16H,9-10H2,1H3. The Hall–Kier alpha value is -3.22. The van der Waals surface area contributed by atoms with Gasteiger partial charge in [-0.05, 0) is 37.5 Å². The SMILES string of the molecule is Cc1ccc(-c2noc(C3CC(n4cccn4)C3)n2)cc1-n1ccnc1. The van der Waals surface area contributed by atoms with Crippen LogP contribution in [0.25, 0.3) is 17.1 Å². The fourth-order valence-corrected chi connectivity index (χ4v) is 3.45. The van der Waals surface area contributed by atoms with E-state index in [1.54, 1.807) is 12.5 Å². The minimum atomic E-state index is 0.309. The zero-order chi connectivity index (χ0) is 17.5. The highest BCUT2D eigenvalue weighted by Crippen LogP contribution is 2.43. The minimum Gasteiger partial charge on any atom is -0.339 e. The summed E-state index contributed by atoms with van der Waals surface area (Å²) in [5, 5.41) is 8.50. The van der Waals surface area contributed by atoms with E-state index in [-0.39, 0.29) is 0 Å². The first-order valence-corrected chi connectivity index (χ1v) is 8.70. The molecule has 4 aromatic rings. The summed E-state index contributed by atoms with van der Waals surface area (Å²) < 4.78 is 9.53. The van der Waals surface area contributed by atoms with E-state index >= 15 is 0 Å². The second-order valence-corrected chi connectivity index (χ2v) is 6.74. The molecule has 1 fully saturated rings. The van der Waals surface area contributed by atoms with Crippen molar-refractivity contribution in [1.29, 1.82) is 0 Å². The van der Waals surface area contributed by atoms with Crippen molar-refractivity contribution in [1.82, 2.24) is 29.5 Å². The Bertz CT molecular complexity index is 1010. The second-order valence-electron chi connectivity index (χ2n) is 6.74. The Morgan fingerprint density at radius 1 is 1.15 bits per heavy atom. The average molecular weight is 346 g/mol. The number of aromatic nitrogens is 6. The highest BCUT2D eigenvalue weighted by atomic mass is 16.5. The van der Waals surface area contributed by atoms with E-state index in [0.717, 1.165) is 29.7 Å². The molecule has 0 saturated heterocycles. The molecule has 0 amide bonds. The number of nitrogens with zero attached hydrogens (tertiary/aromatic N) is 6. The van der Waals surface area contributed by atoms with Gasteiger partial charge in [-0.15, -0.1) is 0 Å². The van der Waals surface area contributed by atoms with Crippen molar-refractivity contribution >= 4 is 0 Å². The van der Waals surface area contributed by atoms with E-state index in [1.807, 2.05) is 40.0 Å². The Morgan fingerprint density at radius 2 is 2.08 bits per heavy atom. The summed E-state index contributed by atoms with van der Waals surface area (Å²) in [6, 6.07) is 8.54. The summed E-state index contributed by atoms with van der Waals surface area (Å²) in [7, 11) is 0. The number of aryl methyl sites for hydroxylation is 1. The number of benzene rings is 1. The van der Waals surface area contributed by atoms with Crippen LogP contribution < -0.4 is 0 Å². The van der Waals surface area contributed by atoms with Crippen molar-refractivity contribution in [2.45, 2.75) is 31.7 Å². The summed E-state index contributed by atoms with van der Waals surface area (Å²) in [4.78, 5) is 8.76. The van der Waals surface area contributed by atoms with E-state index in [2.05, 4.69) is 39.3 Å². The molecule has 0 radical (unpaired) electrons. The molecule has 1 aliphatic rings. The molecule has 0 N–H and O–H groups in total. The third-order valence-corrected chi connectivity index (χ3v) is 5.05. The van der Waals surface area contributed by atoms with Crippen LogP contribution in [0.4, 0.5) is 0 Å². The van der Waals surface area contributed by atoms with Gasteiger partial charge < -0.3 is 9.09 Å². The van der Waals surface area contributed by atoms with Gasteiger partial charge in [0.15, 0.2) is 0 Å². The van der Waals surface area contributed by atoms with Gasteiger partial charge in [-0.2, -0.15) is 10.1 Å². The van der Waals surface area contributed by atoms with Gasteiger partial charge in [0.2, 0.25) is 11.7 Å². The van der Waals surface area contributed by atoms with Crippen LogP contribution in [0.1, 0.15) is 36.3 Å². The van der Waals surface area contributed by atoms with Crippen LogP contribution in [0, 0.1) is 6.92 Å². The van der Waals surface area contributed by atoms with Crippen LogP contribution in [0.15, 0.2) is 59.9 Å². The molecular weight excluding hydrogens is 328 g/mol. The number of hydrogen-bond acceptors (Lipinski definition) is 5. The zero-order valence-electron chi connectivity index (χ0n) is 14.4. The molecule has 7 heteroatoms. The van der Waals surface area contributed by atoms with Crippen molar-refractivity contribution in [2.75, 3.05) is 0 Å². The highest BCUT2D eigenvalue weighted by molar-refractivity contribution is 5.60. The highest BCUT2D eigenvalue weighted by Gasteiger charge is 2.35. The lowest BCUT2D eigenvalue weighted by atomic mass is 9.80.